The highest BCUT2D eigenvalue weighted by atomic mass is 32.2. The number of carbonyl (C=O) groups is 2. The van der Waals surface area contributed by atoms with E-state index >= 15 is 0 Å². The monoisotopic (exact) mass is 472 g/mol. The lowest BCUT2D eigenvalue weighted by Gasteiger charge is -2.30. The molecule has 0 aliphatic carbocycles. The van der Waals surface area contributed by atoms with Crippen molar-refractivity contribution < 1.29 is 9.59 Å². The second kappa shape index (κ2) is 12.1. The number of nitrogens with zero attached hydrogens (tertiary/aromatic N) is 1. The van der Waals surface area contributed by atoms with E-state index in [0.717, 1.165) is 30.7 Å². The Bertz CT molecular complexity index is 907. The first kappa shape index (κ1) is 24.3. The van der Waals surface area contributed by atoms with Gasteiger partial charge in [-0.3, -0.25) is 4.79 Å². The molecule has 1 heterocycles. The first-order valence-electron chi connectivity index (χ1n) is 10.8. The van der Waals surface area contributed by atoms with Gasteiger partial charge in [-0.25, -0.2) is 4.79 Å². The zero-order chi connectivity index (χ0) is 22.9. The molecule has 0 aromatic heterocycles. The van der Waals surface area contributed by atoms with E-state index in [2.05, 4.69) is 29.0 Å². The molecule has 172 valence electrons. The summed E-state index contributed by atoms with van der Waals surface area (Å²) in [4.78, 5) is 29.3. The molecule has 0 spiro atoms. The summed E-state index contributed by atoms with van der Waals surface area (Å²) in [7, 11) is 0. The molecule has 1 aliphatic rings. The number of nitrogens with one attached hydrogen (secondary N) is 2. The van der Waals surface area contributed by atoms with Crippen molar-refractivity contribution in [2.75, 3.05) is 30.5 Å². The van der Waals surface area contributed by atoms with Crippen LogP contribution in [-0.2, 0) is 11.3 Å². The maximum atomic E-state index is 13.5. The Hall–Kier alpha value is -2.32. The van der Waals surface area contributed by atoms with Gasteiger partial charge in [-0.05, 0) is 66.9 Å². The van der Waals surface area contributed by atoms with Gasteiger partial charge in [0.2, 0.25) is 5.91 Å². The van der Waals surface area contributed by atoms with Gasteiger partial charge in [0.25, 0.3) is 0 Å². The van der Waals surface area contributed by atoms with E-state index in [1.807, 2.05) is 35.4 Å². The molecule has 2 atom stereocenters. The number of benzene rings is 2. The van der Waals surface area contributed by atoms with Gasteiger partial charge in [0.15, 0.2) is 0 Å². The van der Waals surface area contributed by atoms with Crippen LogP contribution >= 0.6 is 23.5 Å². The van der Waals surface area contributed by atoms with E-state index < -0.39 is 6.04 Å². The van der Waals surface area contributed by atoms with Crippen LogP contribution in [0.2, 0.25) is 0 Å². The first-order valence-corrected chi connectivity index (χ1v) is 13.5. The summed E-state index contributed by atoms with van der Waals surface area (Å²) in [6.45, 7) is 1.10. The molecule has 1 saturated heterocycles. The van der Waals surface area contributed by atoms with Crippen molar-refractivity contribution in [1.29, 1.82) is 0 Å². The molecule has 0 radical (unpaired) electrons. The number of likely N-dealkylation sites (tertiary alicyclic amines) is 1. The van der Waals surface area contributed by atoms with Crippen molar-refractivity contribution in [3.8, 4) is 0 Å². The Morgan fingerprint density at radius 2 is 1.91 bits per heavy atom. The van der Waals surface area contributed by atoms with Crippen molar-refractivity contribution in [2.45, 2.75) is 42.8 Å². The van der Waals surface area contributed by atoms with Gasteiger partial charge in [-0.15, -0.1) is 11.8 Å². The summed E-state index contributed by atoms with van der Waals surface area (Å²) in [5, 5.41) is 5.79. The molecule has 0 unspecified atom stereocenters. The number of nitrogen functional groups attached to an aromatic ring is 1. The summed E-state index contributed by atoms with van der Waals surface area (Å²) < 4.78 is 0. The summed E-state index contributed by atoms with van der Waals surface area (Å²) >= 11 is 3.38. The summed E-state index contributed by atoms with van der Waals surface area (Å²) in [5.74, 6) is 0.800. The van der Waals surface area contributed by atoms with Crippen molar-refractivity contribution in [3.05, 3.63) is 59.7 Å². The van der Waals surface area contributed by atoms with Crippen LogP contribution in [0.1, 0.15) is 36.4 Å². The van der Waals surface area contributed by atoms with Gasteiger partial charge in [-0.2, -0.15) is 11.8 Å². The number of rotatable bonds is 9. The van der Waals surface area contributed by atoms with Gasteiger partial charge in [0, 0.05) is 23.7 Å². The predicted octanol–water partition coefficient (Wildman–Crippen LogP) is 4.28. The van der Waals surface area contributed by atoms with Crippen LogP contribution in [0.15, 0.2) is 53.4 Å². The van der Waals surface area contributed by atoms with Crippen LogP contribution in [0.4, 0.5) is 10.5 Å². The number of hydrogen-bond acceptors (Lipinski definition) is 5. The van der Waals surface area contributed by atoms with Gasteiger partial charge in [0.1, 0.15) is 6.04 Å². The number of thioether (sulfide) groups is 2. The predicted molar refractivity (Wildman–Crippen MR) is 135 cm³/mol. The van der Waals surface area contributed by atoms with Crippen molar-refractivity contribution >= 4 is 41.1 Å². The zero-order valence-corrected chi connectivity index (χ0v) is 20.3. The molecule has 32 heavy (non-hydrogen) atoms. The quantitative estimate of drug-likeness (QED) is 0.375. The van der Waals surface area contributed by atoms with Crippen LogP contribution in [0, 0.1) is 0 Å². The van der Waals surface area contributed by atoms with E-state index in [4.69, 9.17) is 5.73 Å². The fourth-order valence-electron chi connectivity index (χ4n) is 4.02. The van der Waals surface area contributed by atoms with E-state index in [0.29, 0.717) is 18.7 Å². The molecular weight excluding hydrogens is 440 g/mol. The van der Waals surface area contributed by atoms with E-state index in [1.54, 1.807) is 35.7 Å². The van der Waals surface area contributed by atoms with Crippen LogP contribution in [-0.4, -0.2) is 47.7 Å². The molecule has 8 heteroatoms. The minimum Gasteiger partial charge on any atom is -0.399 e. The molecule has 2 aromatic rings. The highest BCUT2D eigenvalue weighted by molar-refractivity contribution is 7.98. The number of urea groups is 1. The molecular formula is C24H32N4O2S2. The largest absolute Gasteiger partial charge is 0.399 e. The van der Waals surface area contributed by atoms with Crippen LogP contribution in [0.5, 0.6) is 0 Å². The van der Waals surface area contributed by atoms with Crippen molar-refractivity contribution in [2.24, 2.45) is 0 Å². The Morgan fingerprint density at radius 1 is 1.16 bits per heavy atom. The third-order valence-electron chi connectivity index (χ3n) is 5.68. The standard InChI is InChI=1S/C24H32N4O2S2/c1-31-15-13-20(27-24(30)26-16-17-9-11-18(25)12-10-17)23(29)28-14-5-7-21(28)19-6-3-4-8-22(19)32-2/h3-4,6,8-12,20-21H,5,7,13-16,25H2,1-2H3,(H2,26,27,30)/t20-,21-/m0/s1. The maximum absolute atomic E-state index is 13.5. The van der Waals surface area contributed by atoms with Gasteiger partial charge < -0.3 is 21.3 Å². The average Bonchev–Trinajstić information content (AvgIpc) is 3.30. The fourth-order valence-corrected chi connectivity index (χ4v) is 5.14. The fraction of sp³-hybridized carbons (Fsp3) is 0.417. The van der Waals surface area contributed by atoms with Crippen LogP contribution < -0.4 is 16.4 Å². The lowest BCUT2D eigenvalue weighted by molar-refractivity contribution is -0.134. The molecule has 3 rings (SSSR count). The summed E-state index contributed by atoms with van der Waals surface area (Å²) in [6.07, 6.45) is 6.59. The lowest BCUT2D eigenvalue weighted by Crippen LogP contribution is -2.51. The third-order valence-corrected chi connectivity index (χ3v) is 7.14. The molecule has 6 nitrogen and oxygen atoms in total. The molecule has 2 aromatic carbocycles. The SMILES string of the molecule is CSCC[C@H](NC(=O)NCc1ccc(N)cc1)C(=O)N1CCC[C@H]1c1ccccc1SC. The van der Waals surface area contributed by atoms with Gasteiger partial charge >= 0.3 is 6.03 Å². The normalized spacial score (nSPS) is 16.6. The number of carbonyl (C=O) groups excluding carboxylic acids is 2. The van der Waals surface area contributed by atoms with Gasteiger partial charge in [0.05, 0.1) is 6.04 Å². The molecule has 4 N–H and O–H groups in total. The Labute approximate surface area is 199 Å². The number of anilines is 1. The second-order valence-electron chi connectivity index (χ2n) is 7.83. The van der Waals surface area contributed by atoms with Crippen molar-refractivity contribution in [1.82, 2.24) is 15.5 Å². The molecule has 1 aliphatic heterocycles. The van der Waals surface area contributed by atoms with Gasteiger partial charge in [-0.1, -0.05) is 30.3 Å². The van der Waals surface area contributed by atoms with E-state index in [9.17, 15) is 9.59 Å². The topological polar surface area (TPSA) is 87.5 Å². The lowest BCUT2D eigenvalue weighted by atomic mass is 10.0. The first-order chi connectivity index (χ1) is 15.5. The van der Waals surface area contributed by atoms with E-state index in [1.165, 1.54) is 10.5 Å². The minimum atomic E-state index is -0.545. The van der Waals surface area contributed by atoms with Crippen molar-refractivity contribution in [3.63, 3.8) is 0 Å². The third kappa shape index (κ3) is 6.36. The Morgan fingerprint density at radius 3 is 2.62 bits per heavy atom. The Kier molecular flexibility index (Phi) is 9.17. The second-order valence-corrected chi connectivity index (χ2v) is 9.67. The highest BCUT2D eigenvalue weighted by Crippen LogP contribution is 2.37. The number of hydrogen-bond donors (Lipinski definition) is 3. The number of amides is 3. The van der Waals surface area contributed by atoms with E-state index in [-0.39, 0.29) is 18.0 Å². The average molecular weight is 473 g/mol. The smallest absolute Gasteiger partial charge is 0.315 e. The Balaban J connectivity index is 1.67. The number of nitrogens with two attached hydrogens (primary N) is 1. The summed E-state index contributed by atoms with van der Waals surface area (Å²) in [6, 6.07) is 14.8. The zero-order valence-electron chi connectivity index (χ0n) is 18.7. The minimum absolute atomic E-state index is 0.0000841. The molecule has 0 bridgehead atoms. The maximum Gasteiger partial charge on any atom is 0.315 e. The molecule has 3 amide bonds. The van der Waals surface area contributed by atoms with Crippen LogP contribution in [0.25, 0.3) is 0 Å². The molecule has 1 fully saturated rings. The highest BCUT2D eigenvalue weighted by Gasteiger charge is 2.35. The summed E-state index contributed by atoms with van der Waals surface area (Å²) in [5.41, 5.74) is 8.55. The molecule has 0 saturated carbocycles. The van der Waals surface area contributed by atoms with Crippen LogP contribution in [0.3, 0.4) is 0 Å².